The van der Waals surface area contributed by atoms with E-state index in [1.165, 1.54) is 18.4 Å². The van der Waals surface area contributed by atoms with Crippen LogP contribution in [0.2, 0.25) is 0 Å². The van der Waals surface area contributed by atoms with Crippen molar-refractivity contribution >= 4 is 5.91 Å². The maximum absolute atomic E-state index is 13.6. The van der Waals surface area contributed by atoms with Gasteiger partial charge in [0.05, 0.1) is 0 Å². The highest BCUT2D eigenvalue weighted by Crippen LogP contribution is 2.20. The van der Waals surface area contributed by atoms with Gasteiger partial charge in [-0.05, 0) is 38.6 Å². The number of nitrogens with zero attached hydrogens (tertiary/aromatic N) is 3. The molecular formula is C18H21F2N3O3. The standard InChI is InChI=1S/C18H21F2N3O3/c1-22-8-4-5-12(22)9-23(2)18(24)14-10-26-16(21-14)11-25-15-7-3-6-13(19)17(15)20/h3,6-7,10,12H,4-5,8-9,11H2,1-2H3. The van der Waals surface area contributed by atoms with Crippen LogP contribution in [0.25, 0.3) is 0 Å². The van der Waals surface area contributed by atoms with Gasteiger partial charge in [-0.2, -0.15) is 4.39 Å². The third kappa shape index (κ3) is 4.01. The summed E-state index contributed by atoms with van der Waals surface area (Å²) in [5, 5.41) is 0. The van der Waals surface area contributed by atoms with Gasteiger partial charge in [-0.1, -0.05) is 6.07 Å². The molecule has 6 nitrogen and oxygen atoms in total. The molecule has 0 aliphatic carbocycles. The Morgan fingerprint density at radius 3 is 3.00 bits per heavy atom. The number of likely N-dealkylation sites (tertiary alicyclic amines) is 1. The Morgan fingerprint density at radius 2 is 2.27 bits per heavy atom. The Hall–Kier alpha value is -2.48. The fraction of sp³-hybridized carbons (Fsp3) is 0.444. The number of benzene rings is 1. The van der Waals surface area contributed by atoms with E-state index in [1.807, 2.05) is 7.05 Å². The number of oxazole rings is 1. The molecule has 8 heteroatoms. The SMILES string of the molecule is CN(CC1CCCN1C)C(=O)c1coc(COc2cccc(F)c2F)n1. The first kappa shape index (κ1) is 18.3. The topological polar surface area (TPSA) is 58.8 Å². The molecule has 1 aliphatic heterocycles. The van der Waals surface area contributed by atoms with E-state index in [9.17, 15) is 13.6 Å². The lowest BCUT2D eigenvalue weighted by Gasteiger charge is -2.25. The van der Waals surface area contributed by atoms with Crippen LogP contribution in [0.15, 0.2) is 28.9 Å². The molecule has 1 aliphatic rings. The average molecular weight is 365 g/mol. The van der Waals surface area contributed by atoms with Gasteiger partial charge < -0.3 is 19.0 Å². The largest absolute Gasteiger partial charge is 0.481 e. The fourth-order valence-corrected chi connectivity index (χ4v) is 3.01. The monoisotopic (exact) mass is 365 g/mol. The predicted molar refractivity (Wildman–Crippen MR) is 89.8 cm³/mol. The molecule has 0 saturated carbocycles. The Kier molecular flexibility index (Phi) is 5.51. The molecule has 1 saturated heterocycles. The number of likely N-dealkylation sites (N-methyl/N-ethyl adjacent to an activating group) is 2. The summed E-state index contributed by atoms with van der Waals surface area (Å²) in [7, 11) is 3.77. The second kappa shape index (κ2) is 7.82. The van der Waals surface area contributed by atoms with Gasteiger partial charge in [0.25, 0.3) is 5.91 Å². The number of amides is 1. The second-order valence-electron chi connectivity index (χ2n) is 6.43. The molecule has 1 atom stereocenters. The van der Waals surface area contributed by atoms with E-state index >= 15 is 0 Å². The van der Waals surface area contributed by atoms with Crippen molar-refractivity contribution in [2.45, 2.75) is 25.5 Å². The smallest absolute Gasteiger partial charge is 0.275 e. The van der Waals surface area contributed by atoms with Crippen molar-refractivity contribution < 1.29 is 22.7 Å². The first-order valence-electron chi connectivity index (χ1n) is 8.42. The Balaban J connectivity index is 1.58. The Labute approximate surface area is 150 Å². The number of carbonyl (C=O) groups excluding carboxylic acids is 1. The molecule has 140 valence electrons. The number of rotatable bonds is 6. The third-order valence-electron chi connectivity index (χ3n) is 4.54. The second-order valence-corrected chi connectivity index (χ2v) is 6.43. The summed E-state index contributed by atoms with van der Waals surface area (Å²) < 4.78 is 37.1. The molecule has 2 aromatic rings. The minimum absolute atomic E-state index is 0.114. The zero-order valence-electron chi connectivity index (χ0n) is 14.7. The van der Waals surface area contributed by atoms with Crippen molar-refractivity contribution in [3.05, 3.63) is 47.7 Å². The average Bonchev–Trinajstić information content (AvgIpc) is 3.25. The van der Waals surface area contributed by atoms with E-state index in [2.05, 4.69) is 9.88 Å². The van der Waals surface area contributed by atoms with Gasteiger partial charge in [0, 0.05) is 19.6 Å². The van der Waals surface area contributed by atoms with Gasteiger partial charge in [-0.25, -0.2) is 9.37 Å². The van der Waals surface area contributed by atoms with Crippen molar-refractivity contribution in [1.29, 1.82) is 0 Å². The predicted octanol–water partition coefficient (Wildman–Crippen LogP) is 2.70. The normalized spacial score (nSPS) is 17.5. The fourth-order valence-electron chi connectivity index (χ4n) is 3.01. The molecule has 0 N–H and O–H groups in total. The van der Waals surface area contributed by atoms with Crippen LogP contribution >= 0.6 is 0 Å². The number of carbonyl (C=O) groups is 1. The number of halogens is 2. The molecule has 1 fully saturated rings. The maximum atomic E-state index is 13.6. The highest BCUT2D eigenvalue weighted by Gasteiger charge is 2.25. The summed E-state index contributed by atoms with van der Waals surface area (Å²) >= 11 is 0. The number of ether oxygens (including phenoxy) is 1. The molecule has 1 amide bonds. The lowest BCUT2D eigenvalue weighted by atomic mass is 10.2. The van der Waals surface area contributed by atoms with Crippen LogP contribution in [0.1, 0.15) is 29.2 Å². The van der Waals surface area contributed by atoms with E-state index in [4.69, 9.17) is 9.15 Å². The molecule has 0 bridgehead atoms. The lowest BCUT2D eigenvalue weighted by molar-refractivity contribution is 0.0755. The summed E-state index contributed by atoms with van der Waals surface area (Å²) in [4.78, 5) is 20.4. The minimum atomic E-state index is -1.07. The third-order valence-corrected chi connectivity index (χ3v) is 4.54. The molecule has 1 aromatic carbocycles. The van der Waals surface area contributed by atoms with Crippen molar-refractivity contribution in [3.63, 3.8) is 0 Å². The van der Waals surface area contributed by atoms with Gasteiger partial charge in [-0.15, -0.1) is 0 Å². The van der Waals surface area contributed by atoms with Crippen LogP contribution < -0.4 is 4.74 Å². The van der Waals surface area contributed by atoms with E-state index in [0.717, 1.165) is 25.5 Å². The Morgan fingerprint density at radius 1 is 1.46 bits per heavy atom. The zero-order chi connectivity index (χ0) is 18.7. The number of hydrogen-bond acceptors (Lipinski definition) is 5. The van der Waals surface area contributed by atoms with Crippen molar-refractivity contribution in [1.82, 2.24) is 14.8 Å². The summed E-state index contributed by atoms with van der Waals surface area (Å²) in [6, 6.07) is 3.99. The molecule has 1 unspecified atom stereocenters. The first-order valence-corrected chi connectivity index (χ1v) is 8.42. The first-order chi connectivity index (χ1) is 12.5. The van der Waals surface area contributed by atoms with Gasteiger partial charge in [0.1, 0.15) is 6.26 Å². The number of hydrogen-bond donors (Lipinski definition) is 0. The van der Waals surface area contributed by atoms with Gasteiger partial charge in [0.15, 0.2) is 23.9 Å². The van der Waals surface area contributed by atoms with E-state index in [1.54, 1.807) is 11.9 Å². The van der Waals surface area contributed by atoms with E-state index in [-0.39, 0.29) is 29.8 Å². The zero-order valence-corrected chi connectivity index (χ0v) is 14.7. The molecule has 0 radical (unpaired) electrons. The van der Waals surface area contributed by atoms with Crippen LogP contribution in [-0.4, -0.2) is 53.9 Å². The van der Waals surface area contributed by atoms with E-state index < -0.39 is 11.6 Å². The quantitative estimate of drug-likeness (QED) is 0.788. The van der Waals surface area contributed by atoms with Crippen LogP contribution in [0.5, 0.6) is 5.75 Å². The number of aromatic nitrogens is 1. The van der Waals surface area contributed by atoms with Crippen molar-refractivity contribution in [2.75, 3.05) is 27.2 Å². The summed E-state index contributed by atoms with van der Waals surface area (Å²) in [6.45, 7) is 1.44. The minimum Gasteiger partial charge on any atom is -0.481 e. The van der Waals surface area contributed by atoms with Crippen molar-refractivity contribution in [2.24, 2.45) is 0 Å². The molecule has 26 heavy (non-hydrogen) atoms. The van der Waals surface area contributed by atoms with Gasteiger partial charge >= 0.3 is 0 Å². The van der Waals surface area contributed by atoms with Crippen LogP contribution in [0.3, 0.4) is 0 Å². The van der Waals surface area contributed by atoms with Gasteiger partial charge in [0.2, 0.25) is 11.7 Å². The van der Waals surface area contributed by atoms with E-state index in [0.29, 0.717) is 12.6 Å². The van der Waals surface area contributed by atoms with Crippen LogP contribution in [-0.2, 0) is 6.61 Å². The molecule has 3 rings (SSSR count). The summed E-state index contributed by atoms with van der Waals surface area (Å²) in [5.74, 6) is -2.45. The Bertz CT molecular complexity index is 781. The van der Waals surface area contributed by atoms with Crippen LogP contribution in [0.4, 0.5) is 8.78 Å². The van der Waals surface area contributed by atoms with Crippen LogP contribution in [0, 0.1) is 11.6 Å². The highest BCUT2D eigenvalue weighted by atomic mass is 19.2. The molecule has 2 heterocycles. The highest BCUT2D eigenvalue weighted by molar-refractivity contribution is 5.91. The summed E-state index contributed by atoms with van der Waals surface area (Å²) in [5.41, 5.74) is 0.159. The molecular weight excluding hydrogens is 344 g/mol. The molecule has 0 spiro atoms. The lowest BCUT2D eigenvalue weighted by Crippen LogP contribution is -2.39. The summed E-state index contributed by atoms with van der Waals surface area (Å²) in [6.07, 6.45) is 3.44. The maximum Gasteiger partial charge on any atom is 0.275 e. The van der Waals surface area contributed by atoms with Crippen molar-refractivity contribution in [3.8, 4) is 5.75 Å². The van der Waals surface area contributed by atoms with Gasteiger partial charge in [-0.3, -0.25) is 4.79 Å². The molecule has 1 aromatic heterocycles.